The Morgan fingerprint density at radius 3 is 2.33 bits per heavy atom. The van der Waals surface area contributed by atoms with Crippen LogP contribution in [-0.2, 0) is 15.2 Å². The van der Waals surface area contributed by atoms with Gasteiger partial charge in [-0.1, -0.05) is 29.4 Å². The van der Waals surface area contributed by atoms with Crippen molar-refractivity contribution in [1.82, 2.24) is 10.1 Å². The van der Waals surface area contributed by atoms with Crippen LogP contribution in [0.4, 0.5) is 8.78 Å². The quantitative estimate of drug-likeness (QED) is 0.567. The van der Waals surface area contributed by atoms with Crippen molar-refractivity contribution >= 4 is 27.2 Å². The minimum atomic E-state index is -3.77. The molecule has 0 aliphatic carbocycles. The largest absolute Gasteiger partial charge is 0.400 e. The van der Waals surface area contributed by atoms with Gasteiger partial charge in [0.15, 0.2) is 15.6 Å². The van der Waals surface area contributed by atoms with Gasteiger partial charge < -0.3 is 4.52 Å². The van der Waals surface area contributed by atoms with E-state index in [1.165, 1.54) is 38.1 Å². The number of ketones is 1. The zero-order valence-electron chi connectivity index (χ0n) is 12.7. The number of Topliss-reactive ketones (excluding diaryl/α,β-unsaturated/α-hetero) is 1. The van der Waals surface area contributed by atoms with Gasteiger partial charge in [0.1, 0.15) is 5.75 Å². The minimum Gasteiger partial charge on any atom is -0.331 e. The first-order chi connectivity index (χ1) is 11.0. The lowest BCUT2D eigenvalue weighted by Crippen LogP contribution is -2.23. The van der Waals surface area contributed by atoms with Crippen LogP contribution in [0.25, 0.3) is 11.4 Å². The lowest BCUT2D eigenvalue weighted by Gasteiger charge is -2.07. The molecule has 10 heteroatoms. The summed E-state index contributed by atoms with van der Waals surface area (Å²) in [5.74, 6) is -2.33. The Labute approximate surface area is 141 Å². The summed E-state index contributed by atoms with van der Waals surface area (Å²) in [5.41, 5.74) is 0.489. The molecule has 0 bridgehead atoms. The zero-order chi connectivity index (χ0) is 18.1. The molecule has 0 N–H and O–H groups in total. The first-order valence-electron chi connectivity index (χ1n) is 6.77. The van der Waals surface area contributed by atoms with E-state index in [2.05, 4.69) is 14.7 Å². The van der Waals surface area contributed by atoms with Gasteiger partial charge in [-0.05, 0) is 25.4 Å². The van der Waals surface area contributed by atoms with Gasteiger partial charge in [-0.25, -0.2) is 8.42 Å². The summed E-state index contributed by atoms with van der Waals surface area (Å²) >= 11 is 4.78. The average Bonchev–Trinajstić information content (AvgIpc) is 2.96. The van der Waals surface area contributed by atoms with Gasteiger partial charge in [-0.3, -0.25) is 4.79 Å². The smallest absolute Gasteiger partial charge is 0.331 e. The molecule has 1 aromatic heterocycles. The molecule has 1 aromatic carbocycles. The topological polar surface area (TPSA) is 90.1 Å². The molecule has 0 aliphatic rings. The van der Waals surface area contributed by atoms with Crippen molar-refractivity contribution in [3.63, 3.8) is 0 Å². The zero-order valence-corrected chi connectivity index (χ0v) is 14.2. The maximum absolute atomic E-state index is 12.8. The lowest BCUT2D eigenvalue weighted by molar-refractivity contribution is 0.0551. The molecule has 0 atom stereocenters. The Bertz CT molecular complexity index is 842. The summed E-state index contributed by atoms with van der Waals surface area (Å²) in [4.78, 5) is 15.5. The van der Waals surface area contributed by atoms with E-state index in [4.69, 9.17) is 11.6 Å². The number of rotatable bonds is 6. The summed E-state index contributed by atoms with van der Waals surface area (Å²) in [6.45, 7) is 2.98. The second kappa shape index (κ2) is 6.56. The number of alkyl halides is 3. The molecule has 1 heterocycles. The van der Waals surface area contributed by atoms with Crippen molar-refractivity contribution < 1.29 is 26.5 Å². The number of hydrogen-bond acceptors (Lipinski definition) is 6. The molecular formula is C14H13ClF2N2O4S. The summed E-state index contributed by atoms with van der Waals surface area (Å²) in [5, 5.41) is -1.05. The molecule has 0 aliphatic heterocycles. The molecule has 0 fully saturated rings. The van der Waals surface area contributed by atoms with Crippen LogP contribution in [0, 0.1) is 0 Å². The fourth-order valence-corrected chi connectivity index (χ4v) is 2.64. The fraction of sp³-hybridized carbons (Fsp3) is 0.357. The van der Waals surface area contributed by atoms with Crippen molar-refractivity contribution in [2.75, 3.05) is 5.75 Å². The summed E-state index contributed by atoms with van der Waals surface area (Å²) in [6.07, 6.45) is 0. The molecular weight excluding hydrogens is 366 g/mol. The van der Waals surface area contributed by atoms with Crippen LogP contribution in [0.5, 0.6) is 0 Å². The van der Waals surface area contributed by atoms with E-state index < -0.39 is 37.9 Å². The Balaban J connectivity index is 2.19. The molecule has 0 amide bonds. The Hall–Kier alpha value is -1.87. The number of nitrogens with zero attached hydrogens (tertiary/aromatic N) is 2. The summed E-state index contributed by atoms with van der Waals surface area (Å²) < 4.78 is 53.6. The van der Waals surface area contributed by atoms with Gasteiger partial charge in [-0.15, -0.1) is 0 Å². The second-order valence-electron chi connectivity index (χ2n) is 5.28. The average molecular weight is 379 g/mol. The monoisotopic (exact) mass is 378 g/mol. The third kappa shape index (κ3) is 4.15. The van der Waals surface area contributed by atoms with Crippen LogP contribution in [-0.4, -0.2) is 35.3 Å². The number of halogens is 3. The van der Waals surface area contributed by atoms with Gasteiger partial charge in [0.2, 0.25) is 5.82 Å². The van der Waals surface area contributed by atoms with E-state index in [0.717, 1.165) is 0 Å². The van der Waals surface area contributed by atoms with Gasteiger partial charge >= 0.3 is 11.3 Å². The molecule has 24 heavy (non-hydrogen) atoms. The number of carbonyl (C=O) groups excluding carboxylic acids is 1. The van der Waals surface area contributed by atoms with Crippen molar-refractivity contribution in [3.8, 4) is 11.4 Å². The van der Waals surface area contributed by atoms with E-state index in [9.17, 15) is 22.0 Å². The third-order valence-electron chi connectivity index (χ3n) is 3.18. The number of benzene rings is 1. The van der Waals surface area contributed by atoms with E-state index in [0.29, 0.717) is 5.56 Å². The van der Waals surface area contributed by atoms with Crippen LogP contribution in [0.15, 0.2) is 28.8 Å². The highest BCUT2D eigenvalue weighted by Crippen LogP contribution is 2.32. The summed E-state index contributed by atoms with van der Waals surface area (Å²) in [7, 11) is -3.51. The van der Waals surface area contributed by atoms with Gasteiger partial charge in [0, 0.05) is 11.1 Å². The Morgan fingerprint density at radius 1 is 1.29 bits per heavy atom. The Morgan fingerprint density at radius 2 is 1.88 bits per heavy atom. The molecule has 0 unspecified atom stereocenters. The number of carbonyl (C=O) groups is 1. The van der Waals surface area contributed by atoms with E-state index in [-0.39, 0.29) is 11.4 Å². The van der Waals surface area contributed by atoms with Crippen LogP contribution in [0.3, 0.4) is 0 Å². The van der Waals surface area contributed by atoms with Gasteiger partial charge in [-0.2, -0.15) is 13.8 Å². The number of aromatic nitrogens is 2. The second-order valence-corrected chi connectivity index (χ2v) is 8.31. The van der Waals surface area contributed by atoms with Crippen LogP contribution < -0.4 is 0 Å². The highest BCUT2D eigenvalue weighted by molar-refractivity contribution is 7.92. The third-order valence-corrected chi connectivity index (χ3v) is 5.45. The van der Waals surface area contributed by atoms with Crippen molar-refractivity contribution in [2.24, 2.45) is 0 Å². The first kappa shape index (κ1) is 18.5. The standard InChI is InChI=1S/C14H13ClF2N2O4S/c1-8(2)24(21,22)7-11(20)9-3-5-10(6-4-9)12-18-13(23-19-12)14(15,16)17/h3-6,8H,7H2,1-2H3. The maximum Gasteiger partial charge on any atom is 0.400 e. The Kier molecular flexibility index (Phi) is 5.05. The minimum absolute atomic E-state index is 0.126. The van der Waals surface area contributed by atoms with Crippen molar-refractivity contribution in [1.29, 1.82) is 0 Å². The highest BCUT2D eigenvalue weighted by atomic mass is 35.5. The predicted octanol–water partition coefficient (Wildman–Crippen LogP) is 3.03. The molecule has 2 rings (SSSR count). The lowest BCUT2D eigenvalue weighted by atomic mass is 10.1. The SMILES string of the molecule is CC(C)S(=O)(=O)CC(=O)c1ccc(-c2noc(C(F)(F)Cl)n2)cc1. The number of hydrogen-bond donors (Lipinski definition) is 0. The van der Waals surface area contributed by atoms with Crippen LogP contribution in [0.2, 0.25) is 0 Å². The molecule has 0 saturated carbocycles. The highest BCUT2D eigenvalue weighted by Gasteiger charge is 2.35. The predicted molar refractivity (Wildman–Crippen MR) is 82.7 cm³/mol. The van der Waals surface area contributed by atoms with Crippen molar-refractivity contribution in [2.45, 2.75) is 24.5 Å². The molecule has 130 valence electrons. The van der Waals surface area contributed by atoms with Crippen LogP contribution in [0.1, 0.15) is 30.1 Å². The molecule has 0 radical (unpaired) electrons. The van der Waals surface area contributed by atoms with Crippen LogP contribution >= 0.6 is 11.6 Å². The van der Waals surface area contributed by atoms with E-state index in [1.807, 2.05) is 0 Å². The normalized spacial score (nSPS) is 12.6. The van der Waals surface area contributed by atoms with E-state index >= 15 is 0 Å². The molecule has 2 aromatic rings. The molecule has 0 saturated heterocycles. The first-order valence-corrected chi connectivity index (χ1v) is 8.86. The van der Waals surface area contributed by atoms with Gasteiger partial charge in [0.25, 0.3) is 0 Å². The maximum atomic E-state index is 12.8. The molecule has 0 spiro atoms. The summed E-state index contributed by atoms with van der Waals surface area (Å²) in [6, 6.07) is 5.53. The number of sulfone groups is 1. The van der Waals surface area contributed by atoms with Gasteiger partial charge in [0.05, 0.1) is 5.25 Å². The van der Waals surface area contributed by atoms with Crippen molar-refractivity contribution in [3.05, 3.63) is 35.7 Å². The van der Waals surface area contributed by atoms with E-state index in [1.54, 1.807) is 0 Å². The molecule has 6 nitrogen and oxygen atoms in total. The fourth-order valence-electron chi connectivity index (χ4n) is 1.69.